The summed E-state index contributed by atoms with van der Waals surface area (Å²) in [6.07, 6.45) is 1.62. The van der Waals surface area contributed by atoms with E-state index in [1.807, 2.05) is 12.1 Å². The van der Waals surface area contributed by atoms with Crippen LogP contribution in [0.1, 0.15) is 22.3 Å². The van der Waals surface area contributed by atoms with Gasteiger partial charge >= 0.3 is 0 Å². The molecule has 194 valence electrons. The third kappa shape index (κ3) is 4.18. The maximum absolute atomic E-state index is 5.57. The Labute approximate surface area is 254 Å². The lowest BCUT2D eigenvalue weighted by atomic mass is 9.98. The first-order valence-electron chi connectivity index (χ1n) is 13.1. The summed E-state index contributed by atoms with van der Waals surface area (Å²) in [5, 5.41) is 4.79. The molecule has 0 fully saturated rings. The standard InChI is InChI=1S/C34H24N2S4/c37-33(38)35-29-13-3-1-9-25(29)27-11-5-7-23(31(27)35)19-21-15-17-22(18-16-21)20-24-8-6-12-28-26-10-2-4-14-30(26)36(32(24)28)34(39)40/h1-18H,19-20H2,(H,37,38)(H,39,40). The lowest BCUT2D eigenvalue weighted by Gasteiger charge is -2.11. The van der Waals surface area contributed by atoms with Crippen LogP contribution >= 0.6 is 49.7 Å². The van der Waals surface area contributed by atoms with Crippen molar-refractivity contribution in [1.29, 1.82) is 0 Å². The van der Waals surface area contributed by atoms with E-state index in [9.17, 15) is 0 Å². The topological polar surface area (TPSA) is 9.86 Å². The first kappa shape index (κ1) is 25.5. The molecule has 0 aliphatic rings. The van der Waals surface area contributed by atoms with Crippen LogP contribution in [0.2, 0.25) is 0 Å². The molecule has 7 rings (SSSR count). The van der Waals surface area contributed by atoms with Gasteiger partial charge in [-0.2, -0.15) is 0 Å². The average molecular weight is 589 g/mol. The molecule has 0 aliphatic heterocycles. The van der Waals surface area contributed by atoms with Crippen molar-refractivity contribution < 1.29 is 0 Å². The van der Waals surface area contributed by atoms with Crippen molar-refractivity contribution in [3.05, 3.63) is 131 Å². The Morgan fingerprint density at radius 3 is 1.25 bits per heavy atom. The van der Waals surface area contributed by atoms with Gasteiger partial charge in [-0.15, -0.1) is 25.3 Å². The van der Waals surface area contributed by atoms with E-state index in [-0.39, 0.29) is 0 Å². The quantitative estimate of drug-likeness (QED) is 0.157. The van der Waals surface area contributed by atoms with Gasteiger partial charge in [0.15, 0.2) is 0 Å². The van der Waals surface area contributed by atoms with Gasteiger partial charge in [-0.3, -0.25) is 9.13 Å². The van der Waals surface area contributed by atoms with Crippen molar-refractivity contribution in [2.45, 2.75) is 12.8 Å². The van der Waals surface area contributed by atoms with Crippen molar-refractivity contribution in [2.24, 2.45) is 0 Å². The Morgan fingerprint density at radius 1 is 0.475 bits per heavy atom. The summed E-state index contributed by atoms with van der Waals surface area (Å²) in [6, 6.07) is 38.7. The van der Waals surface area contributed by atoms with Gasteiger partial charge in [0.1, 0.15) is 8.64 Å². The Bertz CT molecular complexity index is 1960. The summed E-state index contributed by atoms with van der Waals surface area (Å²) in [4.78, 5) is 0. The minimum atomic E-state index is 0.557. The first-order chi connectivity index (χ1) is 19.5. The van der Waals surface area contributed by atoms with Crippen LogP contribution in [0.25, 0.3) is 43.6 Å². The van der Waals surface area contributed by atoms with Crippen molar-refractivity contribution in [2.75, 3.05) is 0 Å². The summed E-state index contributed by atoms with van der Waals surface area (Å²) in [6.45, 7) is 0. The lowest BCUT2D eigenvalue weighted by molar-refractivity contribution is 1.15. The zero-order chi connectivity index (χ0) is 27.4. The molecule has 0 bridgehead atoms. The first-order valence-corrected chi connectivity index (χ1v) is 14.8. The zero-order valence-electron chi connectivity index (χ0n) is 21.4. The molecule has 0 saturated carbocycles. The van der Waals surface area contributed by atoms with E-state index in [0.717, 1.165) is 34.9 Å². The second kappa shape index (κ2) is 10.2. The highest BCUT2D eigenvalue weighted by Crippen LogP contribution is 2.34. The molecule has 5 aromatic carbocycles. The number of thiocarbonyl (C=S) groups is 2. The van der Waals surface area contributed by atoms with Gasteiger partial charge in [0.2, 0.25) is 0 Å². The third-order valence-corrected chi connectivity index (χ3v) is 8.52. The normalized spacial score (nSPS) is 11.7. The zero-order valence-corrected chi connectivity index (χ0v) is 24.8. The molecule has 0 saturated heterocycles. The van der Waals surface area contributed by atoms with E-state index >= 15 is 0 Å². The summed E-state index contributed by atoms with van der Waals surface area (Å²) in [5.74, 6) is 0. The van der Waals surface area contributed by atoms with Crippen LogP contribution in [-0.2, 0) is 12.8 Å². The fourth-order valence-corrected chi connectivity index (χ4v) is 6.87. The molecule has 2 nitrogen and oxygen atoms in total. The third-order valence-electron chi connectivity index (χ3n) is 7.75. The predicted molar refractivity (Wildman–Crippen MR) is 185 cm³/mol. The molecule has 0 N–H and O–H groups in total. The van der Waals surface area contributed by atoms with Crippen molar-refractivity contribution in [1.82, 2.24) is 9.13 Å². The summed E-state index contributed by atoms with van der Waals surface area (Å²) in [5.41, 5.74) is 9.41. The van der Waals surface area contributed by atoms with Crippen LogP contribution in [0.15, 0.2) is 109 Å². The van der Waals surface area contributed by atoms with Gasteiger partial charge in [-0.05, 0) is 47.2 Å². The molecule has 6 heteroatoms. The molecule has 0 spiro atoms. The molecule has 40 heavy (non-hydrogen) atoms. The summed E-state index contributed by atoms with van der Waals surface area (Å²) in [7, 11) is 0. The highest BCUT2D eigenvalue weighted by Gasteiger charge is 2.17. The fraction of sp³-hybridized carbons (Fsp3) is 0.0588. The van der Waals surface area contributed by atoms with Gasteiger partial charge in [0.25, 0.3) is 0 Å². The van der Waals surface area contributed by atoms with E-state index < -0.39 is 0 Å². The summed E-state index contributed by atoms with van der Waals surface area (Å²) >= 11 is 20.3. The Hall–Kier alpha value is -3.42. The molecule has 2 aromatic heterocycles. The molecule has 7 aromatic rings. The van der Waals surface area contributed by atoms with Crippen molar-refractivity contribution in [3.63, 3.8) is 0 Å². The van der Waals surface area contributed by atoms with Gasteiger partial charge in [-0.25, -0.2) is 0 Å². The van der Waals surface area contributed by atoms with Crippen LogP contribution in [0, 0.1) is 0 Å². The SMILES string of the molecule is S=C(S)n1c2ccccc2c2cccc(Cc3ccc(Cc4cccc5c6ccccc6n(C(=S)S)c45)cc3)c21. The van der Waals surface area contributed by atoms with E-state index in [2.05, 4.69) is 131 Å². The van der Waals surface area contributed by atoms with Crippen LogP contribution in [0.4, 0.5) is 0 Å². The number of thiol groups is 2. The Balaban J connectivity index is 1.25. The van der Waals surface area contributed by atoms with Gasteiger partial charge in [-0.1, -0.05) is 121 Å². The number of benzene rings is 5. The number of hydrogen-bond donors (Lipinski definition) is 2. The number of para-hydroxylation sites is 4. The Morgan fingerprint density at radius 2 is 0.850 bits per heavy atom. The highest BCUT2D eigenvalue weighted by atomic mass is 32.1. The van der Waals surface area contributed by atoms with Gasteiger partial charge in [0, 0.05) is 21.5 Å². The Kier molecular flexibility index (Phi) is 6.51. The molecular formula is C34H24N2S4. The van der Waals surface area contributed by atoms with Crippen LogP contribution in [-0.4, -0.2) is 17.8 Å². The molecule has 0 amide bonds. The fourth-order valence-electron chi connectivity index (χ4n) is 6.08. The number of fused-ring (bicyclic) bond motifs is 6. The predicted octanol–water partition coefficient (Wildman–Crippen LogP) is 9.21. The molecule has 0 aliphatic carbocycles. The molecule has 2 heterocycles. The van der Waals surface area contributed by atoms with Crippen molar-refractivity contribution >= 4 is 102 Å². The van der Waals surface area contributed by atoms with E-state index in [1.54, 1.807) is 0 Å². The van der Waals surface area contributed by atoms with Gasteiger partial charge < -0.3 is 0 Å². The minimum Gasteiger partial charge on any atom is -0.295 e. The second-order valence-corrected chi connectivity index (χ2v) is 12.3. The smallest absolute Gasteiger partial charge is 0.142 e. The van der Waals surface area contributed by atoms with Crippen LogP contribution < -0.4 is 0 Å². The maximum Gasteiger partial charge on any atom is 0.142 e. The number of nitrogens with zero attached hydrogens (tertiary/aromatic N) is 2. The number of rotatable bonds is 4. The van der Waals surface area contributed by atoms with Crippen molar-refractivity contribution in [3.8, 4) is 0 Å². The highest BCUT2D eigenvalue weighted by molar-refractivity contribution is 8.11. The van der Waals surface area contributed by atoms with Gasteiger partial charge in [0.05, 0.1) is 22.1 Å². The number of hydrogen-bond acceptors (Lipinski definition) is 2. The lowest BCUT2D eigenvalue weighted by Crippen LogP contribution is -2.04. The second-order valence-electron chi connectivity index (χ2n) is 10.1. The minimum absolute atomic E-state index is 0.557. The van der Waals surface area contributed by atoms with E-state index in [4.69, 9.17) is 24.4 Å². The van der Waals surface area contributed by atoms with Crippen LogP contribution in [0.3, 0.4) is 0 Å². The molecule has 0 atom stereocenters. The number of aromatic nitrogens is 2. The molecule has 0 unspecified atom stereocenters. The van der Waals surface area contributed by atoms with E-state index in [1.165, 1.54) is 43.8 Å². The largest absolute Gasteiger partial charge is 0.295 e. The molecular weight excluding hydrogens is 565 g/mol. The van der Waals surface area contributed by atoms with E-state index in [0.29, 0.717) is 8.64 Å². The monoisotopic (exact) mass is 588 g/mol. The van der Waals surface area contributed by atoms with Crippen LogP contribution in [0.5, 0.6) is 0 Å². The average Bonchev–Trinajstić information content (AvgIpc) is 3.49. The maximum atomic E-state index is 5.57. The summed E-state index contributed by atoms with van der Waals surface area (Å²) < 4.78 is 5.30. The molecule has 0 radical (unpaired) electrons.